The van der Waals surface area contributed by atoms with Gasteiger partial charge in [-0.05, 0) is 89.9 Å². The molecule has 0 heterocycles. The molecule has 0 radical (unpaired) electrons. The Morgan fingerprint density at radius 3 is 1.63 bits per heavy atom. The molecule has 0 saturated heterocycles. The first kappa shape index (κ1) is 54.2. The summed E-state index contributed by atoms with van der Waals surface area (Å²) in [6, 6.07) is 0. The van der Waals surface area contributed by atoms with E-state index in [4.69, 9.17) is 18.5 Å². The molecule has 2 N–H and O–H groups in total. The monoisotopic (exact) mass is 821 g/mol. The third-order valence-corrected chi connectivity index (χ3v) is 9.44. The van der Waals surface area contributed by atoms with Crippen molar-refractivity contribution >= 4 is 19.8 Å². The lowest BCUT2D eigenvalue weighted by atomic mass is 10.1. The minimum Gasteiger partial charge on any atom is -0.462 e. The molecule has 0 aliphatic heterocycles. The van der Waals surface area contributed by atoms with Gasteiger partial charge in [0.15, 0.2) is 6.10 Å². The minimum atomic E-state index is -4.41. The molecule has 2 unspecified atom stereocenters. The molecule has 0 amide bonds. The van der Waals surface area contributed by atoms with Crippen LogP contribution in [-0.4, -0.2) is 86.1 Å². The molecular weight excluding hydrogens is 741 g/mol. The maximum atomic E-state index is 12.7. The SMILES string of the molecule is CCCCC/C=C\C/C=C\C/C=C\CCCCC(=O)OC[C@H](COP(=O)(O)OCC[N+](C)(C)C)OC(=O)CCC/C=C\C/C=C\C/C=C\C/C=C\CC(O)CCC. The van der Waals surface area contributed by atoms with Crippen molar-refractivity contribution in [2.75, 3.05) is 47.5 Å². The summed E-state index contributed by atoms with van der Waals surface area (Å²) in [5.74, 6) is -0.940. The lowest BCUT2D eigenvalue weighted by molar-refractivity contribution is -0.870. The Morgan fingerprint density at radius 1 is 0.614 bits per heavy atom. The average molecular weight is 821 g/mol. The van der Waals surface area contributed by atoms with Gasteiger partial charge in [0.05, 0.1) is 33.9 Å². The van der Waals surface area contributed by atoms with Crippen LogP contribution in [0.25, 0.3) is 0 Å². The fourth-order valence-electron chi connectivity index (χ4n) is 5.08. The highest BCUT2D eigenvalue weighted by molar-refractivity contribution is 7.47. The maximum absolute atomic E-state index is 12.7. The molecule has 0 saturated carbocycles. The second-order valence-electron chi connectivity index (χ2n) is 15.2. The van der Waals surface area contributed by atoms with Crippen LogP contribution in [0.4, 0.5) is 0 Å². The van der Waals surface area contributed by atoms with Crippen molar-refractivity contribution in [2.45, 2.75) is 148 Å². The Morgan fingerprint density at radius 2 is 1.11 bits per heavy atom. The topological polar surface area (TPSA) is 129 Å². The molecule has 0 aromatic heterocycles. The van der Waals surface area contributed by atoms with Crippen molar-refractivity contribution in [1.82, 2.24) is 0 Å². The fraction of sp³-hybridized carbons (Fsp3) is 0.652. The number of esters is 2. The largest absolute Gasteiger partial charge is 0.472 e. The van der Waals surface area contributed by atoms with Gasteiger partial charge in [0.2, 0.25) is 0 Å². The predicted molar refractivity (Wildman–Crippen MR) is 235 cm³/mol. The zero-order valence-electron chi connectivity index (χ0n) is 36.1. The lowest BCUT2D eigenvalue weighted by Crippen LogP contribution is -2.37. The number of aliphatic hydroxyl groups is 1. The summed E-state index contributed by atoms with van der Waals surface area (Å²) < 4.78 is 34.1. The molecule has 0 rings (SSSR count). The molecule has 57 heavy (non-hydrogen) atoms. The summed E-state index contributed by atoms with van der Waals surface area (Å²) in [4.78, 5) is 35.3. The second kappa shape index (κ2) is 37.4. The average Bonchev–Trinajstić information content (AvgIpc) is 3.15. The number of unbranched alkanes of at least 4 members (excludes halogenated alkanes) is 6. The van der Waals surface area contributed by atoms with E-state index in [1.54, 1.807) is 0 Å². The van der Waals surface area contributed by atoms with Crippen molar-refractivity contribution in [3.8, 4) is 0 Å². The quantitative estimate of drug-likeness (QED) is 0.0207. The van der Waals surface area contributed by atoms with E-state index < -0.39 is 32.5 Å². The fourth-order valence-corrected chi connectivity index (χ4v) is 5.83. The van der Waals surface area contributed by atoms with E-state index in [0.29, 0.717) is 36.7 Å². The van der Waals surface area contributed by atoms with E-state index in [1.807, 2.05) is 39.4 Å². The highest BCUT2D eigenvalue weighted by Crippen LogP contribution is 2.43. The van der Waals surface area contributed by atoms with E-state index in [1.165, 1.54) is 19.3 Å². The van der Waals surface area contributed by atoms with Crippen LogP contribution in [0.5, 0.6) is 0 Å². The number of phosphoric ester groups is 1. The van der Waals surface area contributed by atoms with Crippen LogP contribution in [-0.2, 0) is 32.7 Å². The molecule has 0 fully saturated rings. The Hall–Kier alpha value is -2.85. The zero-order valence-corrected chi connectivity index (χ0v) is 37.0. The summed E-state index contributed by atoms with van der Waals surface area (Å²) in [5, 5.41) is 9.74. The smallest absolute Gasteiger partial charge is 0.462 e. The number of rotatable bonds is 37. The number of carbonyl (C=O) groups is 2. The third kappa shape index (κ3) is 41.1. The van der Waals surface area contributed by atoms with Gasteiger partial charge < -0.3 is 24.0 Å². The number of quaternary nitrogens is 1. The first-order valence-corrected chi connectivity index (χ1v) is 22.9. The van der Waals surface area contributed by atoms with Gasteiger partial charge in [0.1, 0.15) is 19.8 Å². The summed E-state index contributed by atoms with van der Waals surface area (Å²) >= 11 is 0. The number of ether oxygens (including phenoxy) is 2. The minimum absolute atomic E-state index is 0.00394. The third-order valence-electron chi connectivity index (χ3n) is 8.45. The first-order chi connectivity index (χ1) is 27.4. The Kier molecular flexibility index (Phi) is 35.6. The summed E-state index contributed by atoms with van der Waals surface area (Å²) in [5.41, 5.74) is 0. The standard InChI is InChI=1S/C46H78NO9P/c1-6-8-9-10-11-12-13-14-15-18-21-24-27-30-33-37-45(49)53-41-44(42-55-57(51,52)54-40-39-47(3,4)5)56-46(50)38-34-31-28-25-22-19-16-17-20-23-26-29-32-36-43(48)35-7-2/h11-12,14-16,19-21,23-25,28-29,32,43-44,48H,6-10,13,17-18,22,26-27,30-31,33-42H2,1-5H3/p+1/b12-11-,15-14-,19-16-,23-20-,24-21-,28-25-,32-29-/t43?,44-/m1/s1. The van der Waals surface area contributed by atoms with Gasteiger partial charge in [-0.2, -0.15) is 0 Å². The van der Waals surface area contributed by atoms with Crippen molar-refractivity contribution < 1.29 is 47.2 Å². The molecule has 0 aromatic rings. The van der Waals surface area contributed by atoms with Crippen LogP contribution in [0.1, 0.15) is 136 Å². The van der Waals surface area contributed by atoms with Gasteiger partial charge in [0.25, 0.3) is 0 Å². The molecule has 10 nitrogen and oxygen atoms in total. The number of allylic oxidation sites excluding steroid dienone is 13. The number of nitrogens with zero attached hydrogens (tertiary/aromatic N) is 1. The molecule has 326 valence electrons. The van der Waals surface area contributed by atoms with Crippen LogP contribution in [0.2, 0.25) is 0 Å². The van der Waals surface area contributed by atoms with E-state index in [2.05, 4.69) is 80.7 Å². The van der Waals surface area contributed by atoms with Crippen LogP contribution >= 0.6 is 7.82 Å². The number of aliphatic hydroxyl groups excluding tert-OH is 1. The van der Waals surface area contributed by atoms with E-state index in [9.17, 15) is 24.2 Å². The molecule has 0 aromatic carbocycles. The van der Waals surface area contributed by atoms with E-state index in [0.717, 1.165) is 64.2 Å². The number of likely N-dealkylation sites (N-methyl/N-ethyl adjacent to an activating group) is 1. The normalized spacial score (nSPS) is 15.0. The maximum Gasteiger partial charge on any atom is 0.472 e. The Labute approximate surface area is 346 Å². The van der Waals surface area contributed by atoms with Gasteiger partial charge in [-0.15, -0.1) is 0 Å². The van der Waals surface area contributed by atoms with Crippen LogP contribution < -0.4 is 0 Å². The van der Waals surface area contributed by atoms with Gasteiger partial charge in [-0.25, -0.2) is 4.57 Å². The molecule has 0 aliphatic carbocycles. The van der Waals surface area contributed by atoms with Crippen molar-refractivity contribution in [1.29, 1.82) is 0 Å². The van der Waals surface area contributed by atoms with Crippen LogP contribution in [0, 0.1) is 0 Å². The predicted octanol–water partition coefficient (Wildman–Crippen LogP) is 11.0. The van der Waals surface area contributed by atoms with Crippen molar-refractivity contribution in [3.63, 3.8) is 0 Å². The molecule has 3 atom stereocenters. The van der Waals surface area contributed by atoms with Gasteiger partial charge >= 0.3 is 19.8 Å². The molecule has 0 aliphatic rings. The summed E-state index contributed by atoms with van der Waals surface area (Å²) in [6.07, 6.45) is 44.2. The molecular formula is C46H79NO9P+. The van der Waals surface area contributed by atoms with Crippen LogP contribution in [0.15, 0.2) is 85.1 Å². The van der Waals surface area contributed by atoms with Gasteiger partial charge in [-0.1, -0.05) is 118 Å². The van der Waals surface area contributed by atoms with E-state index in [-0.39, 0.29) is 32.2 Å². The highest BCUT2D eigenvalue weighted by atomic mass is 31.2. The first-order valence-electron chi connectivity index (χ1n) is 21.4. The number of carbonyl (C=O) groups excluding carboxylic acids is 2. The zero-order chi connectivity index (χ0) is 42.3. The molecule has 11 heteroatoms. The summed E-state index contributed by atoms with van der Waals surface area (Å²) in [7, 11) is 1.38. The Balaban J connectivity index is 4.59. The number of phosphoric acid groups is 1. The molecule has 0 spiro atoms. The van der Waals surface area contributed by atoms with Gasteiger partial charge in [-0.3, -0.25) is 18.6 Å². The second-order valence-corrected chi connectivity index (χ2v) is 16.7. The molecule has 0 bridgehead atoms. The highest BCUT2D eigenvalue weighted by Gasteiger charge is 2.27. The van der Waals surface area contributed by atoms with Crippen molar-refractivity contribution in [2.24, 2.45) is 0 Å². The van der Waals surface area contributed by atoms with Crippen LogP contribution in [0.3, 0.4) is 0 Å². The van der Waals surface area contributed by atoms with Crippen molar-refractivity contribution in [3.05, 3.63) is 85.1 Å². The van der Waals surface area contributed by atoms with Gasteiger partial charge in [0, 0.05) is 12.8 Å². The lowest BCUT2D eigenvalue weighted by Gasteiger charge is -2.24. The Bertz CT molecular complexity index is 1260. The summed E-state index contributed by atoms with van der Waals surface area (Å²) in [6.45, 7) is 4.04. The number of hydrogen-bond donors (Lipinski definition) is 2. The number of hydrogen-bond acceptors (Lipinski definition) is 8. The van der Waals surface area contributed by atoms with E-state index >= 15 is 0 Å².